The molecule has 1 aromatic carbocycles. The van der Waals surface area contributed by atoms with Crippen LogP contribution < -0.4 is 9.47 Å². The summed E-state index contributed by atoms with van der Waals surface area (Å²) < 4.78 is 11.4. The summed E-state index contributed by atoms with van der Waals surface area (Å²) in [5, 5.41) is 19.7. The van der Waals surface area contributed by atoms with E-state index in [9.17, 15) is 10.2 Å². The van der Waals surface area contributed by atoms with Gasteiger partial charge in [-0.2, -0.15) is 0 Å². The van der Waals surface area contributed by atoms with Gasteiger partial charge in [0, 0.05) is 25.7 Å². The van der Waals surface area contributed by atoms with Gasteiger partial charge in [-0.3, -0.25) is 4.90 Å². The minimum absolute atomic E-state index is 0.144. The second kappa shape index (κ2) is 13.1. The smallest absolute Gasteiger partial charge is 0.161 e. The van der Waals surface area contributed by atoms with E-state index in [1.807, 2.05) is 18.2 Å². The second-order valence-corrected chi connectivity index (χ2v) is 8.31. The van der Waals surface area contributed by atoms with Crippen LogP contribution in [0.4, 0.5) is 0 Å². The molecule has 1 aromatic rings. The fourth-order valence-electron chi connectivity index (χ4n) is 3.84. The number of benzene rings is 1. The molecule has 1 aliphatic rings. The topological polar surface area (TPSA) is 65.4 Å². The maximum absolute atomic E-state index is 10.4. The SMILES string of the molecule is COc1cc(CN(CCO)C(C)C)ccc1OCC(O)CN1CCCCCCC1. The second-order valence-electron chi connectivity index (χ2n) is 8.31. The fraction of sp³-hybridized carbons (Fsp3) is 0.739. The summed E-state index contributed by atoms with van der Waals surface area (Å²) in [6, 6.07) is 6.26. The Morgan fingerprint density at radius 3 is 2.38 bits per heavy atom. The lowest BCUT2D eigenvalue weighted by molar-refractivity contribution is 0.0644. The van der Waals surface area contributed by atoms with Gasteiger partial charge < -0.3 is 24.6 Å². The molecule has 0 amide bonds. The van der Waals surface area contributed by atoms with Gasteiger partial charge in [0.1, 0.15) is 12.7 Å². The summed E-state index contributed by atoms with van der Waals surface area (Å²) in [7, 11) is 1.64. The predicted octanol–water partition coefficient (Wildman–Crippen LogP) is 2.90. The Labute approximate surface area is 176 Å². The molecule has 2 N–H and O–H groups in total. The Kier molecular flexibility index (Phi) is 10.8. The van der Waals surface area contributed by atoms with Gasteiger partial charge in [0.05, 0.1) is 13.7 Å². The van der Waals surface area contributed by atoms with Crippen LogP contribution in [0.25, 0.3) is 0 Å². The highest BCUT2D eigenvalue weighted by Gasteiger charge is 2.16. The number of likely N-dealkylation sites (tertiary alicyclic amines) is 1. The first-order valence-electron chi connectivity index (χ1n) is 11.1. The molecule has 29 heavy (non-hydrogen) atoms. The van der Waals surface area contributed by atoms with Gasteiger partial charge in [0.15, 0.2) is 11.5 Å². The third-order valence-electron chi connectivity index (χ3n) is 5.58. The van der Waals surface area contributed by atoms with E-state index in [1.54, 1.807) is 7.11 Å². The fourth-order valence-corrected chi connectivity index (χ4v) is 3.84. The van der Waals surface area contributed by atoms with E-state index in [2.05, 4.69) is 23.6 Å². The molecule has 1 fully saturated rings. The number of hydrogen-bond acceptors (Lipinski definition) is 6. The van der Waals surface area contributed by atoms with E-state index in [-0.39, 0.29) is 13.2 Å². The Morgan fingerprint density at radius 2 is 1.76 bits per heavy atom. The number of rotatable bonds is 11. The van der Waals surface area contributed by atoms with Crippen molar-refractivity contribution in [2.75, 3.05) is 46.5 Å². The van der Waals surface area contributed by atoms with Crippen molar-refractivity contribution in [3.05, 3.63) is 23.8 Å². The minimum atomic E-state index is -0.514. The predicted molar refractivity (Wildman–Crippen MR) is 117 cm³/mol. The lowest BCUT2D eigenvalue weighted by Crippen LogP contribution is -2.37. The normalized spacial score (nSPS) is 17.2. The van der Waals surface area contributed by atoms with Gasteiger partial charge in [-0.25, -0.2) is 0 Å². The lowest BCUT2D eigenvalue weighted by Gasteiger charge is -2.27. The van der Waals surface area contributed by atoms with Gasteiger partial charge in [0.25, 0.3) is 0 Å². The maximum atomic E-state index is 10.4. The van der Waals surface area contributed by atoms with Gasteiger partial charge in [-0.1, -0.05) is 25.3 Å². The lowest BCUT2D eigenvalue weighted by atomic mass is 10.1. The maximum Gasteiger partial charge on any atom is 0.161 e. The van der Waals surface area contributed by atoms with Crippen LogP contribution in [-0.2, 0) is 6.54 Å². The summed E-state index contributed by atoms with van der Waals surface area (Å²) in [5.41, 5.74) is 1.11. The van der Waals surface area contributed by atoms with E-state index in [4.69, 9.17) is 9.47 Å². The number of aliphatic hydroxyl groups is 2. The molecule has 1 aliphatic heterocycles. The average molecular weight is 409 g/mol. The molecule has 0 bridgehead atoms. The van der Waals surface area contributed by atoms with Crippen LogP contribution >= 0.6 is 0 Å². The summed E-state index contributed by atoms with van der Waals surface area (Å²) in [6.07, 6.45) is 5.83. The first kappa shape index (κ1) is 23.9. The largest absolute Gasteiger partial charge is 0.493 e. The number of methoxy groups -OCH3 is 1. The summed E-state index contributed by atoms with van der Waals surface area (Å²) in [6.45, 7) is 8.82. The molecule has 6 nitrogen and oxygen atoms in total. The molecule has 0 aromatic heterocycles. The van der Waals surface area contributed by atoms with Gasteiger partial charge in [-0.15, -0.1) is 0 Å². The molecule has 0 radical (unpaired) electrons. The molecule has 6 heteroatoms. The van der Waals surface area contributed by atoms with Crippen LogP contribution in [0.5, 0.6) is 11.5 Å². The molecule has 1 heterocycles. The molecule has 1 atom stereocenters. The summed E-state index contributed by atoms with van der Waals surface area (Å²) in [4.78, 5) is 4.57. The average Bonchev–Trinajstić information content (AvgIpc) is 2.68. The van der Waals surface area contributed by atoms with Crippen molar-refractivity contribution in [2.24, 2.45) is 0 Å². The minimum Gasteiger partial charge on any atom is -0.493 e. The van der Waals surface area contributed by atoms with Gasteiger partial charge >= 0.3 is 0 Å². The number of ether oxygens (including phenoxy) is 2. The van der Waals surface area contributed by atoms with Crippen molar-refractivity contribution < 1.29 is 19.7 Å². The Morgan fingerprint density at radius 1 is 1.07 bits per heavy atom. The van der Waals surface area contributed by atoms with Crippen LogP contribution in [0.2, 0.25) is 0 Å². The highest BCUT2D eigenvalue weighted by molar-refractivity contribution is 5.43. The highest BCUT2D eigenvalue weighted by atomic mass is 16.5. The molecule has 0 spiro atoms. The van der Waals surface area contributed by atoms with E-state index in [1.165, 1.54) is 32.1 Å². The van der Waals surface area contributed by atoms with Crippen molar-refractivity contribution in [1.82, 2.24) is 9.80 Å². The van der Waals surface area contributed by atoms with Crippen molar-refractivity contribution >= 4 is 0 Å². The van der Waals surface area contributed by atoms with E-state index < -0.39 is 6.10 Å². The standard InChI is InChI=1S/C23H40N2O4/c1-19(2)25(13-14-26)16-20-9-10-22(23(15-20)28-3)29-18-21(27)17-24-11-7-5-4-6-8-12-24/h9-10,15,19,21,26-27H,4-8,11-14,16-18H2,1-3H3. The zero-order valence-corrected chi connectivity index (χ0v) is 18.5. The number of aliphatic hydroxyl groups excluding tert-OH is 2. The molecule has 0 saturated carbocycles. The molecule has 2 rings (SSSR count). The van der Waals surface area contributed by atoms with E-state index in [0.29, 0.717) is 30.6 Å². The van der Waals surface area contributed by atoms with Gasteiger partial charge in [-0.05, 0) is 57.5 Å². The first-order chi connectivity index (χ1) is 14.0. The zero-order valence-electron chi connectivity index (χ0n) is 18.5. The third-order valence-corrected chi connectivity index (χ3v) is 5.58. The zero-order chi connectivity index (χ0) is 21.1. The van der Waals surface area contributed by atoms with Crippen LogP contribution in [0, 0.1) is 0 Å². The number of β-amino-alcohol motifs (C(OH)–C–C–N with tert-alkyl or cyclic N) is 1. The van der Waals surface area contributed by atoms with Crippen molar-refractivity contribution in [1.29, 1.82) is 0 Å². The molecule has 1 saturated heterocycles. The molecule has 0 aliphatic carbocycles. The van der Waals surface area contributed by atoms with Crippen molar-refractivity contribution in [2.45, 2.75) is 64.6 Å². The quantitative estimate of drug-likeness (QED) is 0.587. The van der Waals surface area contributed by atoms with Crippen LogP contribution in [0.1, 0.15) is 51.5 Å². The third kappa shape index (κ3) is 8.51. The summed E-state index contributed by atoms with van der Waals surface area (Å²) >= 11 is 0. The molecule has 166 valence electrons. The molecular weight excluding hydrogens is 368 g/mol. The monoisotopic (exact) mass is 408 g/mol. The Bertz CT molecular complexity index is 574. The highest BCUT2D eigenvalue weighted by Crippen LogP contribution is 2.29. The summed E-state index contributed by atoms with van der Waals surface area (Å²) in [5.74, 6) is 1.33. The Hall–Kier alpha value is -1.34. The van der Waals surface area contributed by atoms with Crippen LogP contribution in [0.15, 0.2) is 18.2 Å². The van der Waals surface area contributed by atoms with E-state index >= 15 is 0 Å². The van der Waals surface area contributed by atoms with E-state index in [0.717, 1.165) is 25.2 Å². The first-order valence-corrected chi connectivity index (χ1v) is 11.1. The Balaban J connectivity index is 1.89. The van der Waals surface area contributed by atoms with Crippen LogP contribution in [0.3, 0.4) is 0 Å². The number of hydrogen-bond donors (Lipinski definition) is 2. The van der Waals surface area contributed by atoms with Crippen LogP contribution in [-0.4, -0.2) is 78.7 Å². The number of nitrogens with zero attached hydrogens (tertiary/aromatic N) is 2. The van der Waals surface area contributed by atoms with Gasteiger partial charge in [0.2, 0.25) is 0 Å². The molecule has 1 unspecified atom stereocenters. The molecular formula is C23H40N2O4. The van der Waals surface area contributed by atoms with Crippen molar-refractivity contribution in [3.8, 4) is 11.5 Å². The van der Waals surface area contributed by atoms with Crippen molar-refractivity contribution in [3.63, 3.8) is 0 Å².